The monoisotopic (exact) mass is 364 g/mol. The van der Waals surface area contributed by atoms with Crippen LogP contribution in [0.3, 0.4) is 0 Å². The topological polar surface area (TPSA) is 48.9 Å². The fourth-order valence-electron chi connectivity index (χ4n) is 3.55. The third-order valence-corrected chi connectivity index (χ3v) is 5.09. The standard InChI is InChI=1S/C19H29ClN4O/c1-2-21-19(22-9-8-15-5-3-6-16(20)11-15)23-12-18-13-24-10-4-7-17(24)14-25-18/h3,5-6,11,17-18H,2,4,7-10,12-14H2,1H3,(H2,21,22,23). The van der Waals surface area contributed by atoms with Crippen molar-refractivity contribution in [3.63, 3.8) is 0 Å². The summed E-state index contributed by atoms with van der Waals surface area (Å²) < 4.78 is 5.99. The first-order valence-corrected chi connectivity index (χ1v) is 9.74. The number of aliphatic imine (C=N–C) groups is 1. The summed E-state index contributed by atoms with van der Waals surface area (Å²) >= 11 is 6.04. The molecule has 138 valence electrons. The van der Waals surface area contributed by atoms with Crippen LogP contribution in [-0.2, 0) is 11.2 Å². The van der Waals surface area contributed by atoms with E-state index in [2.05, 4.69) is 28.5 Å². The highest BCUT2D eigenvalue weighted by atomic mass is 35.5. The van der Waals surface area contributed by atoms with Gasteiger partial charge in [0.15, 0.2) is 5.96 Å². The lowest BCUT2D eigenvalue weighted by atomic mass is 10.1. The van der Waals surface area contributed by atoms with Crippen LogP contribution in [0.4, 0.5) is 0 Å². The van der Waals surface area contributed by atoms with E-state index in [1.54, 1.807) is 0 Å². The SMILES string of the molecule is CCNC(=NCC1CN2CCCC2CO1)NCCc1cccc(Cl)c1. The molecule has 2 unspecified atom stereocenters. The molecule has 2 aliphatic heterocycles. The molecular formula is C19H29ClN4O. The second kappa shape index (κ2) is 9.41. The van der Waals surface area contributed by atoms with Crippen LogP contribution in [-0.4, -0.2) is 62.3 Å². The summed E-state index contributed by atoms with van der Waals surface area (Å²) in [6.07, 6.45) is 3.71. The number of fused-ring (bicyclic) bond motifs is 1. The number of ether oxygens (including phenoxy) is 1. The summed E-state index contributed by atoms with van der Waals surface area (Å²) in [4.78, 5) is 7.28. The fourth-order valence-corrected chi connectivity index (χ4v) is 3.76. The average molecular weight is 365 g/mol. The number of morpholine rings is 1. The Bertz CT molecular complexity index is 580. The van der Waals surface area contributed by atoms with Crippen LogP contribution in [0.5, 0.6) is 0 Å². The average Bonchev–Trinajstić information content (AvgIpc) is 3.07. The molecule has 0 amide bonds. The number of hydrogen-bond donors (Lipinski definition) is 2. The second-order valence-corrected chi connectivity index (χ2v) is 7.21. The Balaban J connectivity index is 1.45. The Kier molecular flexibility index (Phi) is 6.96. The molecule has 2 heterocycles. The molecule has 5 nitrogen and oxygen atoms in total. The predicted molar refractivity (Wildman–Crippen MR) is 103 cm³/mol. The molecule has 0 aromatic heterocycles. The van der Waals surface area contributed by atoms with Crippen LogP contribution in [0.15, 0.2) is 29.3 Å². The van der Waals surface area contributed by atoms with E-state index < -0.39 is 0 Å². The molecule has 6 heteroatoms. The van der Waals surface area contributed by atoms with Gasteiger partial charge in [0.25, 0.3) is 0 Å². The highest BCUT2D eigenvalue weighted by molar-refractivity contribution is 6.30. The number of nitrogens with zero attached hydrogens (tertiary/aromatic N) is 2. The lowest BCUT2D eigenvalue weighted by Gasteiger charge is -2.34. The number of hydrogen-bond acceptors (Lipinski definition) is 3. The zero-order valence-electron chi connectivity index (χ0n) is 15.0. The molecule has 1 aromatic carbocycles. The first-order valence-electron chi connectivity index (χ1n) is 9.37. The van der Waals surface area contributed by atoms with Gasteiger partial charge in [0.05, 0.1) is 19.3 Å². The maximum Gasteiger partial charge on any atom is 0.191 e. The van der Waals surface area contributed by atoms with Crippen molar-refractivity contribution in [2.75, 3.05) is 39.3 Å². The Morgan fingerprint density at radius 1 is 1.40 bits per heavy atom. The summed E-state index contributed by atoms with van der Waals surface area (Å²) in [6, 6.07) is 8.64. The van der Waals surface area contributed by atoms with Crippen molar-refractivity contribution in [3.8, 4) is 0 Å². The van der Waals surface area contributed by atoms with Crippen LogP contribution < -0.4 is 10.6 Å². The molecule has 2 N–H and O–H groups in total. The van der Waals surface area contributed by atoms with Crippen LogP contribution in [0, 0.1) is 0 Å². The molecule has 2 saturated heterocycles. The van der Waals surface area contributed by atoms with Crippen LogP contribution in [0.1, 0.15) is 25.3 Å². The largest absolute Gasteiger partial charge is 0.373 e. The predicted octanol–water partition coefficient (Wildman–Crippen LogP) is 2.30. The van der Waals surface area contributed by atoms with E-state index in [1.807, 2.05) is 18.2 Å². The number of rotatable bonds is 6. The maximum atomic E-state index is 6.04. The van der Waals surface area contributed by atoms with E-state index in [1.165, 1.54) is 24.9 Å². The van der Waals surface area contributed by atoms with Crippen molar-refractivity contribution in [1.29, 1.82) is 0 Å². The van der Waals surface area contributed by atoms with Crippen LogP contribution in [0.25, 0.3) is 0 Å². The molecule has 0 aliphatic carbocycles. The molecule has 0 radical (unpaired) electrons. The van der Waals surface area contributed by atoms with Gasteiger partial charge >= 0.3 is 0 Å². The van der Waals surface area contributed by atoms with Crippen molar-refractivity contribution < 1.29 is 4.74 Å². The second-order valence-electron chi connectivity index (χ2n) is 6.77. The maximum absolute atomic E-state index is 6.04. The number of nitrogens with one attached hydrogen (secondary N) is 2. The van der Waals surface area contributed by atoms with Crippen LogP contribution >= 0.6 is 11.6 Å². The summed E-state index contributed by atoms with van der Waals surface area (Å²) in [5.74, 6) is 0.858. The Morgan fingerprint density at radius 2 is 2.32 bits per heavy atom. The zero-order valence-corrected chi connectivity index (χ0v) is 15.8. The van der Waals surface area contributed by atoms with Crippen molar-refractivity contribution in [3.05, 3.63) is 34.9 Å². The van der Waals surface area contributed by atoms with E-state index in [9.17, 15) is 0 Å². The summed E-state index contributed by atoms with van der Waals surface area (Å²) in [7, 11) is 0. The molecular weight excluding hydrogens is 336 g/mol. The van der Waals surface area contributed by atoms with Crippen molar-refractivity contribution in [2.24, 2.45) is 4.99 Å². The molecule has 25 heavy (non-hydrogen) atoms. The van der Waals surface area contributed by atoms with Crippen molar-refractivity contribution in [2.45, 2.75) is 38.3 Å². The van der Waals surface area contributed by atoms with E-state index >= 15 is 0 Å². The minimum Gasteiger partial charge on any atom is -0.373 e. The Labute approximate surface area is 155 Å². The Hall–Kier alpha value is -1.30. The molecule has 0 spiro atoms. The van der Waals surface area contributed by atoms with E-state index in [0.29, 0.717) is 12.6 Å². The van der Waals surface area contributed by atoms with E-state index in [0.717, 1.165) is 43.6 Å². The third kappa shape index (κ3) is 5.59. The molecule has 2 aliphatic rings. The quantitative estimate of drug-likeness (QED) is 0.600. The van der Waals surface area contributed by atoms with Crippen LogP contribution in [0.2, 0.25) is 5.02 Å². The van der Waals surface area contributed by atoms with E-state index in [4.69, 9.17) is 21.3 Å². The minimum atomic E-state index is 0.206. The molecule has 0 saturated carbocycles. The highest BCUT2D eigenvalue weighted by Crippen LogP contribution is 2.22. The first-order chi connectivity index (χ1) is 12.2. The van der Waals surface area contributed by atoms with Gasteiger partial charge in [-0.25, -0.2) is 0 Å². The molecule has 1 aromatic rings. The third-order valence-electron chi connectivity index (χ3n) is 4.85. The first kappa shape index (κ1) is 18.5. The Morgan fingerprint density at radius 3 is 3.16 bits per heavy atom. The van der Waals surface area contributed by atoms with Crippen molar-refractivity contribution in [1.82, 2.24) is 15.5 Å². The highest BCUT2D eigenvalue weighted by Gasteiger charge is 2.31. The summed E-state index contributed by atoms with van der Waals surface area (Å²) in [6.45, 7) is 7.55. The van der Waals surface area contributed by atoms with Gasteiger partial charge < -0.3 is 15.4 Å². The van der Waals surface area contributed by atoms with Gasteiger partial charge in [0, 0.05) is 30.7 Å². The van der Waals surface area contributed by atoms with Gasteiger partial charge in [-0.05, 0) is 50.4 Å². The number of benzene rings is 1. The molecule has 0 bridgehead atoms. The number of halogens is 1. The molecule has 3 rings (SSSR count). The summed E-state index contributed by atoms with van der Waals surface area (Å²) in [5.41, 5.74) is 1.23. The van der Waals surface area contributed by atoms with E-state index in [-0.39, 0.29) is 6.10 Å². The summed E-state index contributed by atoms with van der Waals surface area (Å²) in [5, 5.41) is 7.50. The zero-order chi connectivity index (χ0) is 17.5. The molecule has 2 atom stereocenters. The van der Waals surface area contributed by atoms with Gasteiger partial charge in [-0.15, -0.1) is 0 Å². The van der Waals surface area contributed by atoms with Gasteiger partial charge in [-0.3, -0.25) is 9.89 Å². The minimum absolute atomic E-state index is 0.206. The van der Waals surface area contributed by atoms with Gasteiger partial charge in [0.1, 0.15) is 0 Å². The smallest absolute Gasteiger partial charge is 0.191 e. The fraction of sp³-hybridized carbons (Fsp3) is 0.632. The van der Waals surface area contributed by atoms with Crippen molar-refractivity contribution >= 4 is 17.6 Å². The lowest BCUT2D eigenvalue weighted by Crippen LogP contribution is -2.47. The molecule has 2 fully saturated rings. The van der Waals surface area contributed by atoms with Gasteiger partial charge in [0.2, 0.25) is 0 Å². The normalized spacial score (nSPS) is 24.2. The van der Waals surface area contributed by atoms with Gasteiger partial charge in [-0.2, -0.15) is 0 Å². The number of guanidine groups is 1. The lowest BCUT2D eigenvalue weighted by molar-refractivity contribution is -0.0432. The van der Waals surface area contributed by atoms with Gasteiger partial charge in [-0.1, -0.05) is 23.7 Å².